The highest BCUT2D eigenvalue weighted by molar-refractivity contribution is 7.89. The quantitative estimate of drug-likeness (QED) is 0.658. The predicted molar refractivity (Wildman–Crippen MR) is 94.7 cm³/mol. The third kappa shape index (κ3) is 4.97. The molecule has 0 unspecified atom stereocenters. The maximum Gasteiger partial charge on any atom is 0.387 e. The summed E-state index contributed by atoms with van der Waals surface area (Å²) >= 11 is 11.7. The molecule has 2 aromatic carbocycles. The molecule has 0 aromatic heterocycles. The molecular weight excluding hydrogens is 411 g/mol. The van der Waals surface area contributed by atoms with Crippen molar-refractivity contribution >= 4 is 33.2 Å². The summed E-state index contributed by atoms with van der Waals surface area (Å²) in [7, 11) is -1.19. The van der Waals surface area contributed by atoms with Crippen LogP contribution in [0.5, 0.6) is 11.5 Å². The Balaban J connectivity index is 2.27. The van der Waals surface area contributed by atoms with E-state index in [1.807, 2.05) is 0 Å². The molecule has 0 atom stereocenters. The van der Waals surface area contributed by atoms with Crippen molar-refractivity contribution in [2.24, 2.45) is 0 Å². The Bertz CT molecular complexity index is 874. The van der Waals surface area contributed by atoms with Crippen molar-refractivity contribution in [3.8, 4) is 11.5 Å². The minimum atomic E-state index is -3.86. The summed E-state index contributed by atoms with van der Waals surface area (Å²) in [6, 6.07) is 8.19. The van der Waals surface area contributed by atoms with E-state index in [0.29, 0.717) is 5.56 Å². The van der Waals surface area contributed by atoms with E-state index in [2.05, 4.69) is 4.74 Å². The number of hydrogen-bond donors (Lipinski definition) is 0. The molecule has 0 aliphatic rings. The molecule has 0 aliphatic carbocycles. The van der Waals surface area contributed by atoms with Gasteiger partial charge >= 0.3 is 6.61 Å². The molecule has 0 saturated heterocycles. The number of nitrogens with zero attached hydrogens (tertiary/aromatic N) is 1. The molecule has 0 radical (unpaired) electrons. The van der Waals surface area contributed by atoms with Gasteiger partial charge < -0.3 is 9.47 Å². The van der Waals surface area contributed by atoms with Crippen molar-refractivity contribution in [1.29, 1.82) is 0 Å². The van der Waals surface area contributed by atoms with E-state index in [-0.39, 0.29) is 33.0 Å². The fourth-order valence-electron chi connectivity index (χ4n) is 2.20. The zero-order valence-corrected chi connectivity index (χ0v) is 16.1. The van der Waals surface area contributed by atoms with Crippen molar-refractivity contribution in [2.75, 3.05) is 14.2 Å². The lowest BCUT2D eigenvalue weighted by Gasteiger charge is -2.19. The van der Waals surface area contributed by atoms with Crippen molar-refractivity contribution in [3.05, 3.63) is 52.0 Å². The molecule has 0 aliphatic heterocycles. The summed E-state index contributed by atoms with van der Waals surface area (Å²) in [5.74, 6) is -0.0715. The zero-order chi connectivity index (χ0) is 19.5. The maximum atomic E-state index is 12.7. The normalized spacial score (nSPS) is 11.8. The van der Waals surface area contributed by atoms with E-state index < -0.39 is 16.6 Å². The lowest BCUT2D eigenvalue weighted by atomic mass is 10.2. The minimum Gasteiger partial charge on any atom is -0.493 e. The van der Waals surface area contributed by atoms with Crippen molar-refractivity contribution in [2.45, 2.75) is 18.1 Å². The second kappa shape index (κ2) is 8.39. The first-order valence-corrected chi connectivity index (χ1v) is 9.37. The van der Waals surface area contributed by atoms with Crippen LogP contribution in [0.15, 0.2) is 41.3 Å². The first-order chi connectivity index (χ1) is 12.1. The van der Waals surface area contributed by atoms with Crippen LogP contribution in [-0.2, 0) is 16.6 Å². The number of ether oxygens (including phenoxy) is 2. The fraction of sp³-hybridized carbons (Fsp3) is 0.250. The lowest BCUT2D eigenvalue weighted by molar-refractivity contribution is -0.0512. The van der Waals surface area contributed by atoms with Gasteiger partial charge in [-0.1, -0.05) is 29.3 Å². The van der Waals surface area contributed by atoms with Crippen molar-refractivity contribution in [1.82, 2.24) is 4.31 Å². The average Bonchev–Trinajstić information content (AvgIpc) is 2.54. The van der Waals surface area contributed by atoms with Crippen LogP contribution >= 0.6 is 23.2 Å². The second-order valence-electron chi connectivity index (χ2n) is 5.23. The molecule has 26 heavy (non-hydrogen) atoms. The Morgan fingerprint density at radius 3 is 2.23 bits per heavy atom. The summed E-state index contributed by atoms with van der Waals surface area (Å²) in [4.78, 5) is -0.0536. The van der Waals surface area contributed by atoms with Crippen LogP contribution < -0.4 is 9.47 Å². The maximum absolute atomic E-state index is 12.7. The monoisotopic (exact) mass is 425 g/mol. The van der Waals surface area contributed by atoms with Gasteiger partial charge in [0, 0.05) is 23.6 Å². The molecule has 0 bridgehead atoms. The Morgan fingerprint density at radius 1 is 1.08 bits per heavy atom. The van der Waals surface area contributed by atoms with Crippen LogP contribution in [-0.4, -0.2) is 33.5 Å². The summed E-state index contributed by atoms with van der Waals surface area (Å²) in [6.45, 7) is -3.02. The standard InChI is InChI=1S/C16H15Cl2F2NO4S/c1-21(26(22,23)13-7-11(17)6-12(18)8-13)9-10-3-4-14(25-16(19)20)15(5-10)24-2/h3-8,16H,9H2,1-2H3. The molecule has 5 nitrogen and oxygen atoms in total. The molecule has 2 rings (SSSR count). The Kier molecular flexibility index (Phi) is 6.68. The Morgan fingerprint density at radius 2 is 1.69 bits per heavy atom. The van der Waals surface area contributed by atoms with E-state index in [1.54, 1.807) is 0 Å². The molecule has 10 heteroatoms. The average molecular weight is 426 g/mol. The summed E-state index contributed by atoms with van der Waals surface area (Å²) in [5, 5.41) is 0.388. The van der Waals surface area contributed by atoms with Crippen molar-refractivity contribution in [3.63, 3.8) is 0 Å². The second-order valence-corrected chi connectivity index (χ2v) is 8.15. The van der Waals surface area contributed by atoms with Gasteiger partial charge in [-0.25, -0.2) is 8.42 Å². The van der Waals surface area contributed by atoms with Gasteiger partial charge in [-0.05, 0) is 35.9 Å². The van der Waals surface area contributed by atoms with Gasteiger partial charge in [-0.3, -0.25) is 0 Å². The minimum absolute atomic E-state index is 0.0300. The number of sulfonamides is 1. The third-order valence-corrected chi connectivity index (χ3v) is 5.61. The van der Waals surface area contributed by atoms with Gasteiger partial charge in [0.25, 0.3) is 0 Å². The van der Waals surface area contributed by atoms with E-state index in [4.69, 9.17) is 27.9 Å². The van der Waals surface area contributed by atoms with Crippen molar-refractivity contribution < 1.29 is 26.7 Å². The SMILES string of the molecule is COc1cc(CN(C)S(=O)(=O)c2cc(Cl)cc(Cl)c2)ccc1OC(F)F. The number of benzene rings is 2. The van der Waals surface area contributed by atoms with Gasteiger partial charge in [0.05, 0.1) is 12.0 Å². The zero-order valence-electron chi connectivity index (χ0n) is 13.7. The summed E-state index contributed by atoms with van der Waals surface area (Å²) in [6.07, 6.45) is 0. The largest absolute Gasteiger partial charge is 0.493 e. The summed E-state index contributed by atoms with van der Waals surface area (Å²) < 4.78 is 60.5. The van der Waals surface area contributed by atoms with Gasteiger partial charge in [0.15, 0.2) is 11.5 Å². The number of rotatable bonds is 7. The number of halogens is 4. The van der Waals surface area contributed by atoms with Crippen LogP contribution in [0.2, 0.25) is 10.0 Å². The van der Waals surface area contributed by atoms with E-state index in [9.17, 15) is 17.2 Å². The van der Waals surface area contributed by atoms with E-state index >= 15 is 0 Å². The molecule has 0 heterocycles. The van der Waals surface area contributed by atoms with Crippen LogP contribution in [0, 0.1) is 0 Å². The highest BCUT2D eigenvalue weighted by Crippen LogP contribution is 2.31. The molecule has 0 spiro atoms. The van der Waals surface area contributed by atoms with E-state index in [1.165, 1.54) is 50.6 Å². The lowest BCUT2D eigenvalue weighted by Crippen LogP contribution is -2.26. The topological polar surface area (TPSA) is 55.8 Å². The first-order valence-electron chi connectivity index (χ1n) is 7.17. The number of alkyl halides is 2. The molecule has 0 fully saturated rings. The highest BCUT2D eigenvalue weighted by Gasteiger charge is 2.22. The predicted octanol–water partition coefficient (Wildman–Crippen LogP) is 4.42. The third-order valence-electron chi connectivity index (χ3n) is 3.39. The smallest absolute Gasteiger partial charge is 0.387 e. The molecule has 0 saturated carbocycles. The van der Waals surface area contributed by atoms with Gasteiger partial charge in [-0.2, -0.15) is 13.1 Å². The Labute approximate surface area is 160 Å². The van der Waals surface area contributed by atoms with Gasteiger partial charge in [-0.15, -0.1) is 0 Å². The number of hydrogen-bond acceptors (Lipinski definition) is 4. The molecule has 0 N–H and O–H groups in total. The first kappa shape index (κ1) is 20.7. The van der Waals surface area contributed by atoms with Crippen LogP contribution in [0.4, 0.5) is 8.78 Å². The summed E-state index contributed by atoms with van der Waals surface area (Å²) in [5.41, 5.74) is 0.516. The van der Waals surface area contributed by atoms with E-state index in [0.717, 1.165) is 4.31 Å². The van der Waals surface area contributed by atoms with Gasteiger partial charge in [0.1, 0.15) is 0 Å². The number of methoxy groups -OCH3 is 1. The highest BCUT2D eigenvalue weighted by atomic mass is 35.5. The fourth-order valence-corrected chi connectivity index (χ4v) is 4.09. The molecule has 142 valence electrons. The molecule has 2 aromatic rings. The van der Waals surface area contributed by atoms with Gasteiger partial charge in [0.2, 0.25) is 10.0 Å². The van der Waals surface area contributed by atoms with Crippen LogP contribution in [0.1, 0.15) is 5.56 Å². The molecule has 0 amide bonds. The van der Waals surface area contributed by atoms with Crippen LogP contribution in [0.3, 0.4) is 0 Å². The Hall–Kier alpha value is -1.61. The molecular formula is C16H15Cl2F2NO4S. The van der Waals surface area contributed by atoms with Crippen LogP contribution in [0.25, 0.3) is 0 Å².